The Kier molecular flexibility index (Phi) is 9.40. The predicted molar refractivity (Wildman–Crippen MR) is 47.1 cm³/mol. The van der Waals surface area contributed by atoms with Crippen molar-refractivity contribution in [3.05, 3.63) is 24.0 Å². The third-order valence-corrected chi connectivity index (χ3v) is 1.26. The van der Waals surface area contributed by atoms with Crippen LogP contribution in [0.1, 0.15) is 0 Å². The van der Waals surface area contributed by atoms with E-state index in [-0.39, 0.29) is 5.48 Å². The molecule has 0 radical (unpaired) electrons. The average Bonchev–Trinajstić information content (AvgIpc) is 1.86. The van der Waals surface area contributed by atoms with E-state index in [1.54, 1.807) is 0 Å². The minimum atomic E-state index is -3.90. The molecule has 0 saturated heterocycles. The molecule has 4 N–H and O–H groups in total. The molecule has 0 aliphatic rings. The van der Waals surface area contributed by atoms with Gasteiger partial charge in [0.25, 0.3) is 20.2 Å². The molecule has 9 heteroatoms. The van der Waals surface area contributed by atoms with Crippen LogP contribution >= 0.6 is 0 Å². The number of hydrogen-bond donors (Lipinski definition) is 2. The normalized spacial score (nSPS) is 10.0. The van der Waals surface area contributed by atoms with Crippen molar-refractivity contribution in [1.82, 2.24) is 0 Å². The van der Waals surface area contributed by atoms with Gasteiger partial charge in [-0.15, -0.1) is 0 Å². The molecule has 0 aromatic heterocycles. The summed E-state index contributed by atoms with van der Waals surface area (Å²) in [7, 11) is -7.80. The zero-order valence-corrected chi connectivity index (χ0v) is 8.05. The van der Waals surface area contributed by atoms with E-state index in [2.05, 4.69) is 13.2 Å². The third kappa shape index (κ3) is 34.9. The number of rotatable bonds is 2. The zero-order chi connectivity index (χ0) is 10.4. The topological polar surface area (TPSA) is 140 Å². The van der Waals surface area contributed by atoms with Gasteiger partial charge < -0.3 is 5.48 Å². The molecule has 0 aliphatic heterocycles. The van der Waals surface area contributed by atoms with Gasteiger partial charge in [0, 0.05) is 0 Å². The van der Waals surface area contributed by atoms with Gasteiger partial charge in [0.05, 0.1) is 10.8 Å². The van der Waals surface area contributed by atoms with Crippen molar-refractivity contribution in [2.24, 2.45) is 0 Å². The molecule has 0 fully saturated rings. The van der Waals surface area contributed by atoms with E-state index in [4.69, 9.17) is 9.11 Å². The molecular formula is C4H10O7S2. The molecule has 0 aromatic carbocycles. The summed E-state index contributed by atoms with van der Waals surface area (Å²) in [5.41, 5.74) is 0. The van der Waals surface area contributed by atoms with Crippen molar-refractivity contribution in [3.8, 4) is 0 Å². The molecule has 80 valence electrons. The van der Waals surface area contributed by atoms with Crippen molar-refractivity contribution in [2.75, 3.05) is 0 Å². The first kappa shape index (κ1) is 18.1. The van der Waals surface area contributed by atoms with Crippen LogP contribution in [-0.2, 0) is 20.2 Å². The summed E-state index contributed by atoms with van der Waals surface area (Å²) in [6.07, 6.45) is 0. The molecule has 0 heterocycles. The molecular weight excluding hydrogens is 224 g/mol. The average molecular weight is 234 g/mol. The van der Waals surface area contributed by atoms with Crippen molar-refractivity contribution in [3.63, 3.8) is 0 Å². The maximum absolute atomic E-state index is 9.44. The van der Waals surface area contributed by atoms with Crippen LogP contribution in [0, 0.1) is 0 Å². The van der Waals surface area contributed by atoms with E-state index < -0.39 is 20.2 Å². The second kappa shape index (κ2) is 6.74. The Bertz CT molecular complexity index is 275. The molecule has 0 spiro atoms. The Morgan fingerprint density at radius 1 is 0.846 bits per heavy atom. The Morgan fingerprint density at radius 3 is 0.923 bits per heavy atom. The van der Waals surface area contributed by atoms with Gasteiger partial charge in [-0.05, 0) is 0 Å². The van der Waals surface area contributed by atoms with Crippen molar-refractivity contribution >= 4 is 20.2 Å². The Balaban J connectivity index is -0.000000143. The van der Waals surface area contributed by atoms with Crippen LogP contribution < -0.4 is 0 Å². The second-order valence-corrected chi connectivity index (χ2v) is 4.09. The second-order valence-electron chi connectivity index (χ2n) is 1.36. The maximum Gasteiger partial charge on any atom is 0.287 e. The molecule has 13 heavy (non-hydrogen) atoms. The van der Waals surface area contributed by atoms with E-state index in [1.807, 2.05) is 0 Å². The quantitative estimate of drug-likeness (QED) is 0.600. The predicted octanol–water partition coefficient (Wildman–Crippen LogP) is -0.789. The van der Waals surface area contributed by atoms with E-state index in [0.717, 1.165) is 0 Å². The number of hydrogen-bond acceptors (Lipinski definition) is 4. The smallest absolute Gasteiger partial charge is 0.287 e. The summed E-state index contributed by atoms with van der Waals surface area (Å²) < 4.78 is 53.1. The zero-order valence-electron chi connectivity index (χ0n) is 6.41. The van der Waals surface area contributed by atoms with Gasteiger partial charge in [-0.1, -0.05) is 13.2 Å². The van der Waals surface area contributed by atoms with Gasteiger partial charge in [0.1, 0.15) is 0 Å². The standard InChI is InChI=1S/2C2H4O3S.H2O/c2*1-2-6(3,4)5;/h2*2H,1H2,(H,3,4,5);1H2. The van der Waals surface area contributed by atoms with Crippen LogP contribution in [0.15, 0.2) is 24.0 Å². The summed E-state index contributed by atoms with van der Waals surface area (Å²) in [5.74, 6) is 0. The lowest BCUT2D eigenvalue weighted by Crippen LogP contribution is -1.86. The van der Waals surface area contributed by atoms with Crippen LogP contribution in [0.2, 0.25) is 0 Å². The monoisotopic (exact) mass is 234 g/mol. The summed E-state index contributed by atoms with van der Waals surface area (Å²) >= 11 is 0. The van der Waals surface area contributed by atoms with Crippen LogP contribution in [0.5, 0.6) is 0 Å². The molecule has 0 aliphatic carbocycles. The fourth-order valence-corrected chi connectivity index (χ4v) is 0. The van der Waals surface area contributed by atoms with Crippen molar-refractivity contribution in [1.29, 1.82) is 0 Å². The highest BCUT2D eigenvalue weighted by molar-refractivity contribution is 7.89. The molecule has 0 bridgehead atoms. The lowest BCUT2D eigenvalue weighted by molar-refractivity contribution is 0.492. The Morgan fingerprint density at radius 2 is 0.923 bits per heavy atom. The van der Waals surface area contributed by atoms with E-state index in [1.165, 1.54) is 0 Å². The van der Waals surface area contributed by atoms with E-state index in [0.29, 0.717) is 10.8 Å². The molecule has 0 amide bonds. The molecule has 0 saturated carbocycles. The third-order valence-electron chi connectivity index (χ3n) is 0.421. The maximum atomic E-state index is 9.44. The van der Waals surface area contributed by atoms with Crippen LogP contribution in [-0.4, -0.2) is 31.4 Å². The fraction of sp³-hybridized carbons (Fsp3) is 0. The van der Waals surface area contributed by atoms with Crippen LogP contribution in [0.25, 0.3) is 0 Å². The first-order valence-electron chi connectivity index (χ1n) is 2.32. The van der Waals surface area contributed by atoms with Crippen LogP contribution in [0.4, 0.5) is 0 Å². The van der Waals surface area contributed by atoms with Gasteiger partial charge in [0.15, 0.2) is 0 Å². The first-order valence-corrected chi connectivity index (χ1v) is 5.33. The summed E-state index contributed by atoms with van der Waals surface area (Å²) in [4.78, 5) is 0. The van der Waals surface area contributed by atoms with E-state index in [9.17, 15) is 16.8 Å². The van der Waals surface area contributed by atoms with E-state index >= 15 is 0 Å². The summed E-state index contributed by atoms with van der Waals surface area (Å²) in [6.45, 7) is 5.59. The van der Waals surface area contributed by atoms with Gasteiger partial charge in [-0.25, -0.2) is 0 Å². The van der Waals surface area contributed by atoms with Gasteiger partial charge in [0.2, 0.25) is 0 Å². The lowest BCUT2D eigenvalue weighted by Gasteiger charge is -1.73. The Labute approximate surface area is 76.2 Å². The van der Waals surface area contributed by atoms with Gasteiger partial charge in [-0.3, -0.25) is 9.11 Å². The van der Waals surface area contributed by atoms with Crippen molar-refractivity contribution < 1.29 is 31.4 Å². The Hall–Kier alpha value is -0.740. The van der Waals surface area contributed by atoms with Gasteiger partial charge in [-0.2, -0.15) is 16.8 Å². The minimum Gasteiger partial charge on any atom is -0.412 e. The molecule has 0 unspecified atom stereocenters. The minimum absolute atomic E-state index is 0. The lowest BCUT2D eigenvalue weighted by atomic mass is 11.3. The largest absolute Gasteiger partial charge is 0.412 e. The highest BCUT2D eigenvalue weighted by atomic mass is 32.2. The molecule has 0 atom stereocenters. The summed E-state index contributed by atoms with van der Waals surface area (Å²) in [5, 5.41) is 0.931. The SMILES string of the molecule is C=CS(=O)(=O)O.C=CS(=O)(=O)O.O. The first-order chi connectivity index (χ1) is 5.12. The molecule has 0 rings (SSSR count). The van der Waals surface area contributed by atoms with Crippen molar-refractivity contribution in [2.45, 2.75) is 0 Å². The van der Waals surface area contributed by atoms with Crippen LogP contribution in [0.3, 0.4) is 0 Å². The summed E-state index contributed by atoms with van der Waals surface area (Å²) in [6, 6.07) is 0. The van der Waals surface area contributed by atoms with Gasteiger partial charge >= 0.3 is 0 Å². The highest BCUT2D eigenvalue weighted by Gasteiger charge is 1.88. The highest BCUT2D eigenvalue weighted by Crippen LogP contribution is 1.76. The fourth-order valence-electron chi connectivity index (χ4n) is 0. The molecule has 0 aromatic rings. The molecule has 7 nitrogen and oxygen atoms in total.